The molecule has 0 bridgehead atoms. The van der Waals surface area contributed by atoms with Crippen LogP contribution in [-0.4, -0.2) is 4.98 Å². The van der Waals surface area contributed by atoms with Crippen molar-refractivity contribution in [3.63, 3.8) is 0 Å². The number of rotatable bonds is 12. The first-order valence-electron chi connectivity index (χ1n) is 16.7. The number of hydrogen-bond donors (Lipinski definition) is 0. The molecule has 8 rings (SSSR count). The Balaban J connectivity index is 1.46. The minimum Gasteiger partial charge on any atom is -0.453 e. The van der Waals surface area contributed by atoms with Crippen LogP contribution in [0.15, 0.2) is 188 Å². The zero-order valence-corrected chi connectivity index (χ0v) is 27.8. The first-order valence-corrected chi connectivity index (χ1v) is 16.7. The standard InChI is InChI=1S/C45H31NO6/c1-7-19-32(20-8-1)47-39-31-38-40(42(49-34-23-11-3-12-24-34)41(39)48-33-21-9-2-10-22-33)43(50-35-25-13-4-14-26-35)44(51-36-27-15-5-16-28-36)45(46-38)52-37-29-17-6-18-30-37/h1-31H. The number of nitrogens with zero attached hydrogens (tertiary/aromatic N) is 1. The van der Waals surface area contributed by atoms with E-state index in [-0.39, 0.29) is 11.6 Å². The molecule has 0 fully saturated rings. The quantitative estimate of drug-likeness (QED) is 0.127. The Hall–Kier alpha value is -7.25. The fraction of sp³-hybridized carbons (Fsp3) is 0. The van der Waals surface area contributed by atoms with Gasteiger partial charge in [0.15, 0.2) is 17.2 Å². The molecule has 7 heteroatoms. The van der Waals surface area contributed by atoms with Gasteiger partial charge in [0.25, 0.3) is 5.88 Å². The van der Waals surface area contributed by atoms with Crippen LogP contribution in [0.3, 0.4) is 0 Å². The normalized spacial score (nSPS) is 10.7. The average Bonchev–Trinajstić information content (AvgIpc) is 3.20. The van der Waals surface area contributed by atoms with Crippen LogP contribution in [0.5, 0.6) is 69.1 Å². The van der Waals surface area contributed by atoms with E-state index < -0.39 is 0 Å². The van der Waals surface area contributed by atoms with E-state index in [9.17, 15) is 0 Å². The molecule has 0 radical (unpaired) electrons. The number of hydrogen-bond acceptors (Lipinski definition) is 7. The fourth-order valence-corrected chi connectivity index (χ4v) is 5.45. The minimum absolute atomic E-state index is 0.168. The van der Waals surface area contributed by atoms with Crippen molar-refractivity contribution in [2.24, 2.45) is 0 Å². The summed E-state index contributed by atoms with van der Waals surface area (Å²) in [5.74, 6) is 5.02. The zero-order chi connectivity index (χ0) is 35.0. The summed E-state index contributed by atoms with van der Waals surface area (Å²) in [6.45, 7) is 0. The first kappa shape index (κ1) is 32.0. The van der Waals surface area contributed by atoms with E-state index in [0.29, 0.717) is 68.4 Å². The lowest BCUT2D eigenvalue weighted by Crippen LogP contribution is -2.02. The lowest BCUT2D eigenvalue weighted by atomic mass is 10.1. The molecule has 0 amide bonds. The van der Waals surface area contributed by atoms with Crippen LogP contribution in [0.4, 0.5) is 0 Å². The van der Waals surface area contributed by atoms with Crippen LogP contribution < -0.4 is 28.4 Å². The number of aromatic nitrogens is 1. The second kappa shape index (κ2) is 15.1. The summed E-state index contributed by atoms with van der Waals surface area (Å²) >= 11 is 0. The molecule has 8 aromatic rings. The molecule has 7 nitrogen and oxygen atoms in total. The number of para-hydroxylation sites is 6. The van der Waals surface area contributed by atoms with Gasteiger partial charge in [0.1, 0.15) is 34.5 Å². The molecule has 0 aliphatic heterocycles. The number of pyridine rings is 1. The molecule has 1 heterocycles. The van der Waals surface area contributed by atoms with Crippen LogP contribution in [0.2, 0.25) is 0 Å². The van der Waals surface area contributed by atoms with Gasteiger partial charge in [0, 0.05) is 6.07 Å². The summed E-state index contributed by atoms with van der Waals surface area (Å²) in [6.07, 6.45) is 0. The van der Waals surface area contributed by atoms with E-state index in [4.69, 9.17) is 33.4 Å². The van der Waals surface area contributed by atoms with Crippen molar-refractivity contribution in [2.75, 3.05) is 0 Å². The van der Waals surface area contributed by atoms with Crippen molar-refractivity contribution in [1.29, 1.82) is 0 Å². The highest BCUT2D eigenvalue weighted by Crippen LogP contribution is 2.56. The van der Waals surface area contributed by atoms with Crippen LogP contribution in [0.1, 0.15) is 0 Å². The smallest absolute Gasteiger partial charge is 0.267 e. The largest absolute Gasteiger partial charge is 0.453 e. The van der Waals surface area contributed by atoms with E-state index in [1.807, 2.05) is 182 Å². The first-order chi connectivity index (χ1) is 25.8. The van der Waals surface area contributed by atoms with E-state index in [1.54, 1.807) is 6.07 Å². The van der Waals surface area contributed by atoms with E-state index in [1.165, 1.54) is 0 Å². The SMILES string of the molecule is c1ccc(Oc2cc3nc(Oc4ccccc4)c(Oc4ccccc4)c(Oc4ccccc4)c3c(Oc3ccccc3)c2Oc2ccccc2)cc1. The molecule has 0 saturated carbocycles. The van der Waals surface area contributed by atoms with Crippen molar-refractivity contribution in [3.8, 4) is 69.1 Å². The third-order valence-electron chi connectivity index (χ3n) is 7.81. The monoisotopic (exact) mass is 681 g/mol. The van der Waals surface area contributed by atoms with E-state index in [0.717, 1.165) is 0 Å². The molecule has 0 aliphatic rings. The van der Waals surface area contributed by atoms with Crippen LogP contribution in [0, 0.1) is 0 Å². The molecule has 0 N–H and O–H groups in total. The van der Waals surface area contributed by atoms with Crippen molar-refractivity contribution < 1.29 is 28.4 Å². The highest BCUT2D eigenvalue weighted by molar-refractivity contribution is 5.99. The third-order valence-corrected chi connectivity index (χ3v) is 7.81. The van der Waals surface area contributed by atoms with Gasteiger partial charge in [-0.1, -0.05) is 109 Å². The summed E-state index contributed by atoms with van der Waals surface area (Å²) in [5, 5.41) is 0.463. The summed E-state index contributed by atoms with van der Waals surface area (Å²) < 4.78 is 39.9. The van der Waals surface area contributed by atoms with Gasteiger partial charge in [-0.3, -0.25) is 0 Å². The minimum atomic E-state index is 0.168. The lowest BCUT2D eigenvalue weighted by molar-refractivity contribution is 0.374. The van der Waals surface area contributed by atoms with Gasteiger partial charge in [-0.05, 0) is 72.8 Å². The maximum atomic E-state index is 6.79. The third kappa shape index (κ3) is 7.34. The number of benzene rings is 7. The van der Waals surface area contributed by atoms with Gasteiger partial charge in [0.05, 0.1) is 10.9 Å². The van der Waals surface area contributed by atoms with Crippen molar-refractivity contribution in [3.05, 3.63) is 188 Å². The summed E-state index contributed by atoms with van der Waals surface area (Å²) in [6, 6.07) is 58.4. The zero-order valence-electron chi connectivity index (χ0n) is 27.8. The van der Waals surface area contributed by atoms with Crippen molar-refractivity contribution in [2.45, 2.75) is 0 Å². The lowest BCUT2D eigenvalue weighted by Gasteiger charge is -2.22. The Labute approximate surface area is 300 Å². The Kier molecular flexibility index (Phi) is 9.29. The molecule has 0 spiro atoms. The maximum absolute atomic E-state index is 6.79. The molecule has 52 heavy (non-hydrogen) atoms. The summed E-state index contributed by atoms with van der Waals surface area (Å²) in [5.41, 5.74) is 0.439. The highest BCUT2D eigenvalue weighted by Gasteiger charge is 2.30. The molecule has 0 unspecified atom stereocenters. The van der Waals surface area contributed by atoms with E-state index in [2.05, 4.69) is 0 Å². The molecule has 0 saturated heterocycles. The van der Waals surface area contributed by atoms with Crippen molar-refractivity contribution >= 4 is 10.9 Å². The summed E-state index contributed by atoms with van der Waals surface area (Å²) in [4.78, 5) is 5.08. The maximum Gasteiger partial charge on any atom is 0.267 e. The topological polar surface area (TPSA) is 68.3 Å². The second-order valence-corrected chi connectivity index (χ2v) is 11.5. The van der Waals surface area contributed by atoms with Gasteiger partial charge in [-0.2, -0.15) is 0 Å². The molecule has 7 aromatic carbocycles. The van der Waals surface area contributed by atoms with Gasteiger partial charge in [-0.25, -0.2) is 4.98 Å². The predicted molar refractivity (Wildman–Crippen MR) is 201 cm³/mol. The Morgan fingerprint density at radius 1 is 0.288 bits per heavy atom. The molecule has 252 valence electrons. The summed E-state index contributed by atoms with van der Waals surface area (Å²) in [7, 11) is 0. The molecular weight excluding hydrogens is 650 g/mol. The fourth-order valence-electron chi connectivity index (χ4n) is 5.45. The van der Waals surface area contributed by atoms with Crippen molar-refractivity contribution in [1.82, 2.24) is 4.98 Å². The van der Waals surface area contributed by atoms with Gasteiger partial charge in [-0.15, -0.1) is 0 Å². The van der Waals surface area contributed by atoms with Gasteiger partial charge in [0.2, 0.25) is 11.5 Å². The van der Waals surface area contributed by atoms with Crippen LogP contribution >= 0.6 is 0 Å². The Morgan fingerprint density at radius 3 is 1.00 bits per heavy atom. The Bertz CT molecular complexity index is 2210. The van der Waals surface area contributed by atoms with Crippen LogP contribution in [-0.2, 0) is 0 Å². The van der Waals surface area contributed by atoms with Crippen LogP contribution in [0.25, 0.3) is 10.9 Å². The predicted octanol–water partition coefficient (Wildman–Crippen LogP) is 13.0. The molecular formula is C45H31NO6. The molecule has 1 aromatic heterocycles. The van der Waals surface area contributed by atoms with E-state index >= 15 is 0 Å². The number of fused-ring (bicyclic) bond motifs is 1. The van der Waals surface area contributed by atoms with Gasteiger partial charge < -0.3 is 28.4 Å². The average molecular weight is 682 g/mol. The Morgan fingerprint density at radius 2 is 0.596 bits per heavy atom. The highest BCUT2D eigenvalue weighted by atomic mass is 16.6. The second-order valence-electron chi connectivity index (χ2n) is 11.5. The van der Waals surface area contributed by atoms with Gasteiger partial charge >= 0.3 is 0 Å². The molecule has 0 atom stereocenters. The number of ether oxygens (including phenoxy) is 6. The molecule has 0 aliphatic carbocycles.